The van der Waals surface area contributed by atoms with Gasteiger partial charge in [0, 0.05) is 19.1 Å². The summed E-state index contributed by atoms with van der Waals surface area (Å²) in [4.78, 5) is 28.6. The molecule has 1 saturated carbocycles. The van der Waals surface area contributed by atoms with Crippen LogP contribution in [0.4, 0.5) is 0 Å². The summed E-state index contributed by atoms with van der Waals surface area (Å²) < 4.78 is 0. The normalized spacial score (nSPS) is 24.2. The van der Waals surface area contributed by atoms with E-state index in [-0.39, 0.29) is 23.8 Å². The molecule has 5 heteroatoms. The predicted molar refractivity (Wildman–Crippen MR) is 127 cm³/mol. The quantitative estimate of drug-likeness (QED) is 0.700. The van der Waals surface area contributed by atoms with E-state index in [0.717, 1.165) is 49.7 Å². The Balaban J connectivity index is 1.44. The third-order valence-corrected chi connectivity index (χ3v) is 7.08. The molecule has 0 bridgehead atoms. The van der Waals surface area contributed by atoms with Crippen molar-refractivity contribution in [3.05, 3.63) is 71.8 Å². The van der Waals surface area contributed by atoms with Gasteiger partial charge in [-0.05, 0) is 62.0 Å². The first-order valence-corrected chi connectivity index (χ1v) is 12.0. The zero-order valence-electron chi connectivity index (χ0n) is 18.8. The largest absolute Gasteiger partial charge is 0.354 e. The summed E-state index contributed by atoms with van der Waals surface area (Å²) in [6.45, 7) is 1.34. The standard InChI is InChI=1S/C27H35N3O2/c28-23-15-13-21(14-16-23)19-29-26(31)25-12-7-17-30(25)27(32)24(22-10-5-2-6-11-22)18-20-8-3-1-4-9-20/h1-6,8-11,21,23-25H,7,12-19,28H2,(H,29,31)/t21?,23?,24?,25-/m0/s1. The molecular formula is C27H35N3O2. The summed E-state index contributed by atoms with van der Waals surface area (Å²) in [7, 11) is 0. The maximum Gasteiger partial charge on any atom is 0.242 e. The molecule has 2 aliphatic rings. The SMILES string of the molecule is NC1CCC(CNC(=O)[C@@H]2CCCN2C(=O)C(Cc2ccccc2)c2ccccc2)CC1. The second-order valence-electron chi connectivity index (χ2n) is 9.37. The Bertz CT molecular complexity index is 878. The first-order chi connectivity index (χ1) is 15.6. The number of nitrogens with one attached hydrogen (secondary N) is 1. The van der Waals surface area contributed by atoms with Crippen LogP contribution in [-0.2, 0) is 16.0 Å². The van der Waals surface area contributed by atoms with Gasteiger partial charge in [0.05, 0.1) is 5.92 Å². The molecule has 2 aromatic rings. The van der Waals surface area contributed by atoms with Crippen molar-refractivity contribution in [3.8, 4) is 0 Å². The summed E-state index contributed by atoms with van der Waals surface area (Å²) in [6.07, 6.45) is 6.45. The topological polar surface area (TPSA) is 75.4 Å². The Morgan fingerprint density at radius 3 is 2.28 bits per heavy atom. The van der Waals surface area contributed by atoms with Crippen molar-refractivity contribution in [2.24, 2.45) is 11.7 Å². The van der Waals surface area contributed by atoms with E-state index in [2.05, 4.69) is 17.4 Å². The third-order valence-electron chi connectivity index (χ3n) is 7.08. The van der Waals surface area contributed by atoms with Crippen molar-refractivity contribution < 1.29 is 9.59 Å². The second-order valence-corrected chi connectivity index (χ2v) is 9.37. The Kier molecular flexibility index (Phi) is 7.59. The van der Waals surface area contributed by atoms with Gasteiger partial charge in [-0.3, -0.25) is 9.59 Å². The van der Waals surface area contributed by atoms with E-state index in [0.29, 0.717) is 31.5 Å². The van der Waals surface area contributed by atoms with Crippen molar-refractivity contribution in [1.29, 1.82) is 0 Å². The molecule has 2 amide bonds. The fourth-order valence-electron chi connectivity index (χ4n) is 5.14. The number of amides is 2. The summed E-state index contributed by atoms with van der Waals surface area (Å²) in [5.41, 5.74) is 8.14. The fraction of sp³-hybridized carbons (Fsp3) is 0.481. The Morgan fingerprint density at radius 1 is 0.938 bits per heavy atom. The van der Waals surface area contributed by atoms with Crippen LogP contribution in [0.15, 0.2) is 60.7 Å². The Hall–Kier alpha value is -2.66. The van der Waals surface area contributed by atoms with Gasteiger partial charge in [0.1, 0.15) is 6.04 Å². The maximum absolute atomic E-state index is 13.7. The van der Waals surface area contributed by atoms with Crippen molar-refractivity contribution in [2.75, 3.05) is 13.1 Å². The highest BCUT2D eigenvalue weighted by Gasteiger charge is 2.37. The fourth-order valence-corrected chi connectivity index (χ4v) is 5.14. The molecular weight excluding hydrogens is 398 g/mol. The molecule has 1 aliphatic carbocycles. The molecule has 0 radical (unpaired) electrons. The molecule has 1 saturated heterocycles. The van der Waals surface area contributed by atoms with Crippen molar-refractivity contribution in [1.82, 2.24) is 10.2 Å². The van der Waals surface area contributed by atoms with Crippen LogP contribution in [0.3, 0.4) is 0 Å². The summed E-state index contributed by atoms with van der Waals surface area (Å²) in [5, 5.41) is 3.15. The Morgan fingerprint density at radius 2 is 1.59 bits per heavy atom. The van der Waals surface area contributed by atoms with Gasteiger partial charge in [-0.25, -0.2) is 0 Å². The number of carbonyl (C=O) groups is 2. The number of carbonyl (C=O) groups excluding carboxylic acids is 2. The lowest BCUT2D eigenvalue weighted by atomic mass is 9.86. The minimum atomic E-state index is -0.365. The van der Waals surface area contributed by atoms with Crippen LogP contribution in [0.1, 0.15) is 55.6 Å². The van der Waals surface area contributed by atoms with Gasteiger partial charge < -0.3 is 16.0 Å². The smallest absolute Gasteiger partial charge is 0.242 e. The van der Waals surface area contributed by atoms with E-state index in [1.54, 1.807) is 0 Å². The molecule has 32 heavy (non-hydrogen) atoms. The molecule has 170 valence electrons. The highest BCUT2D eigenvalue weighted by Crippen LogP contribution is 2.28. The number of nitrogens with two attached hydrogens (primary N) is 1. The first kappa shape index (κ1) is 22.5. The average Bonchev–Trinajstić information content (AvgIpc) is 3.33. The van der Waals surface area contributed by atoms with E-state index in [1.165, 1.54) is 0 Å². The van der Waals surface area contributed by atoms with E-state index in [4.69, 9.17) is 5.73 Å². The summed E-state index contributed by atoms with van der Waals surface area (Å²) in [6, 6.07) is 20.0. The molecule has 5 nitrogen and oxygen atoms in total. The van der Waals surface area contributed by atoms with Crippen LogP contribution in [0.5, 0.6) is 0 Å². The number of rotatable bonds is 7. The van der Waals surface area contributed by atoms with E-state index in [9.17, 15) is 9.59 Å². The zero-order valence-corrected chi connectivity index (χ0v) is 18.8. The number of benzene rings is 2. The van der Waals surface area contributed by atoms with Gasteiger partial charge in [0.15, 0.2) is 0 Å². The van der Waals surface area contributed by atoms with Gasteiger partial charge in [-0.15, -0.1) is 0 Å². The number of nitrogens with zero attached hydrogens (tertiary/aromatic N) is 1. The zero-order chi connectivity index (χ0) is 22.3. The predicted octanol–water partition coefficient (Wildman–Crippen LogP) is 3.64. The van der Waals surface area contributed by atoms with E-state index < -0.39 is 0 Å². The lowest BCUT2D eigenvalue weighted by molar-refractivity contribution is -0.139. The van der Waals surface area contributed by atoms with Gasteiger partial charge in [-0.1, -0.05) is 60.7 Å². The molecule has 2 atom stereocenters. The number of likely N-dealkylation sites (tertiary alicyclic amines) is 1. The van der Waals surface area contributed by atoms with Crippen molar-refractivity contribution >= 4 is 11.8 Å². The monoisotopic (exact) mass is 433 g/mol. The van der Waals surface area contributed by atoms with Crippen LogP contribution in [0.25, 0.3) is 0 Å². The minimum Gasteiger partial charge on any atom is -0.354 e. The third kappa shape index (κ3) is 5.57. The van der Waals surface area contributed by atoms with Gasteiger partial charge in [0.2, 0.25) is 11.8 Å². The molecule has 0 spiro atoms. The van der Waals surface area contributed by atoms with Gasteiger partial charge in [-0.2, -0.15) is 0 Å². The van der Waals surface area contributed by atoms with Crippen molar-refractivity contribution in [2.45, 2.75) is 62.9 Å². The molecule has 1 unspecified atom stereocenters. The summed E-state index contributed by atoms with van der Waals surface area (Å²) >= 11 is 0. The van der Waals surface area contributed by atoms with E-state index in [1.807, 2.05) is 53.4 Å². The molecule has 2 fully saturated rings. The Labute approximate surface area is 191 Å². The number of hydrogen-bond donors (Lipinski definition) is 2. The summed E-state index contributed by atoms with van der Waals surface area (Å²) in [5.74, 6) is 0.268. The van der Waals surface area contributed by atoms with Crippen LogP contribution in [-0.4, -0.2) is 41.9 Å². The minimum absolute atomic E-state index is 0.00255. The van der Waals surface area contributed by atoms with Gasteiger partial charge >= 0.3 is 0 Å². The van der Waals surface area contributed by atoms with Crippen LogP contribution < -0.4 is 11.1 Å². The lowest BCUT2D eigenvalue weighted by Gasteiger charge is -2.30. The van der Waals surface area contributed by atoms with Crippen LogP contribution >= 0.6 is 0 Å². The highest BCUT2D eigenvalue weighted by atomic mass is 16.2. The molecule has 1 heterocycles. The number of hydrogen-bond acceptors (Lipinski definition) is 3. The molecule has 0 aromatic heterocycles. The molecule has 2 aromatic carbocycles. The molecule has 1 aliphatic heterocycles. The average molecular weight is 434 g/mol. The first-order valence-electron chi connectivity index (χ1n) is 12.0. The molecule has 3 N–H and O–H groups in total. The van der Waals surface area contributed by atoms with Crippen LogP contribution in [0.2, 0.25) is 0 Å². The van der Waals surface area contributed by atoms with Crippen LogP contribution in [0, 0.1) is 5.92 Å². The highest BCUT2D eigenvalue weighted by molar-refractivity contribution is 5.91. The lowest BCUT2D eigenvalue weighted by Crippen LogP contribution is -2.48. The second kappa shape index (κ2) is 10.8. The van der Waals surface area contributed by atoms with E-state index >= 15 is 0 Å². The van der Waals surface area contributed by atoms with Crippen molar-refractivity contribution in [3.63, 3.8) is 0 Å². The maximum atomic E-state index is 13.7. The molecule has 4 rings (SSSR count). The van der Waals surface area contributed by atoms with Gasteiger partial charge in [0.25, 0.3) is 0 Å².